The highest BCUT2D eigenvalue weighted by Crippen LogP contribution is 2.26. The van der Waals surface area contributed by atoms with Crippen molar-refractivity contribution < 1.29 is 0 Å². The van der Waals surface area contributed by atoms with Gasteiger partial charge < -0.3 is 10.2 Å². The van der Waals surface area contributed by atoms with E-state index in [-0.39, 0.29) is 0 Å². The Morgan fingerprint density at radius 2 is 1.88 bits per heavy atom. The van der Waals surface area contributed by atoms with Crippen LogP contribution in [0.5, 0.6) is 0 Å². The van der Waals surface area contributed by atoms with Crippen LogP contribution in [0.2, 0.25) is 0 Å². The number of benzene rings is 1. The SMILES string of the molecule is CNCc1cc(Br)ccc1N1CCCCCC1. The van der Waals surface area contributed by atoms with Gasteiger partial charge in [0.25, 0.3) is 0 Å². The van der Waals surface area contributed by atoms with Gasteiger partial charge in [0.15, 0.2) is 0 Å². The maximum atomic E-state index is 3.56. The zero-order valence-corrected chi connectivity index (χ0v) is 12.1. The third kappa shape index (κ3) is 3.46. The van der Waals surface area contributed by atoms with Crippen LogP contribution in [0.3, 0.4) is 0 Å². The lowest BCUT2D eigenvalue weighted by Gasteiger charge is -2.25. The van der Waals surface area contributed by atoms with Crippen LogP contribution in [0.25, 0.3) is 0 Å². The Morgan fingerprint density at radius 3 is 2.53 bits per heavy atom. The average Bonchev–Trinajstić information content (AvgIpc) is 2.58. The maximum absolute atomic E-state index is 3.56. The van der Waals surface area contributed by atoms with Gasteiger partial charge in [-0.15, -0.1) is 0 Å². The Kier molecular flexibility index (Phi) is 4.86. The Morgan fingerprint density at radius 1 is 1.18 bits per heavy atom. The number of hydrogen-bond acceptors (Lipinski definition) is 2. The molecule has 1 fully saturated rings. The first kappa shape index (κ1) is 12.9. The number of anilines is 1. The van der Waals surface area contributed by atoms with Gasteiger partial charge in [-0.2, -0.15) is 0 Å². The smallest absolute Gasteiger partial charge is 0.0412 e. The second-order valence-corrected chi connectivity index (χ2v) is 5.62. The zero-order chi connectivity index (χ0) is 12.1. The molecule has 94 valence electrons. The van der Waals surface area contributed by atoms with Gasteiger partial charge in [0.2, 0.25) is 0 Å². The molecule has 0 amide bonds. The predicted octanol–water partition coefficient (Wildman–Crippen LogP) is 3.55. The van der Waals surface area contributed by atoms with Crippen LogP contribution in [0, 0.1) is 0 Å². The van der Waals surface area contributed by atoms with E-state index in [4.69, 9.17) is 0 Å². The summed E-state index contributed by atoms with van der Waals surface area (Å²) in [6, 6.07) is 6.64. The van der Waals surface area contributed by atoms with Gasteiger partial charge in [-0.3, -0.25) is 0 Å². The molecule has 0 atom stereocenters. The molecule has 1 heterocycles. The average molecular weight is 297 g/mol. The van der Waals surface area contributed by atoms with E-state index in [1.54, 1.807) is 0 Å². The highest BCUT2D eigenvalue weighted by Gasteiger charge is 2.13. The summed E-state index contributed by atoms with van der Waals surface area (Å²) >= 11 is 3.56. The molecule has 0 unspecified atom stereocenters. The quantitative estimate of drug-likeness (QED) is 0.918. The summed E-state index contributed by atoms with van der Waals surface area (Å²) in [7, 11) is 2.01. The first-order valence-corrected chi connectivity index (χ1v) is 7.28. The summed E-state index contributed by atoms with van der Waals surface area (Å²) in [4.78, 5) is 2.55. The molecule has 3 heteroatoms. The van der Waals surface area contributed by atoms with Crippen LogP contribution in [-0.2, 0) is 6.54 Å². The molecule has 1 aliphatic heterocycles. The minimum absolute atomic E-state index is 0.936. The minimum Gasteiger partial charge on any atom is -0.371 e. The molecular weight excluding hydrogens is 276 g/mol. The van der Waals surface area contributed by atoms with Crippen LogP contribution < -0.4 is 10.2 Å². The standard InChI is InChI=1S/C14H21BrN2/c1-16-11-12-10-13(15)6-7-14(12)17-8-4-2-3-5-9-17/h6-7,10,16H,2-5,8-9,11H2,1H3. The summed E-state index contributed by atoms with van der Waals surface area (Å²) < 4.78 is 1.17. The fourth-order valence-electron chi connectivity index (χ4n) is 2.51. The summed E-state index contributed by atoms with van der Waals surface area (Å²) in [5, 5.41) is 3.26. The van der Waals surface area contributed by atoms with Gasteiger partial charge in [0.1, 0.15) is 0 Å². The first-order chi connectivity index (χ1) is 8.31. The second-order valence-electron chi connectivity index (χ2n) is 4.70. The van der Waals surface area contributed by atoms with Gasteiger partial charge in [-0.25, -0.2) is 0 Å². The fourth-order valence-corrected chi connectivity index (χ4v) is 2.91. The van der Waals surface area contributed by atoms with Crippen LogP contribution >= 0.6 is 15.9 Å². The Balaban J connectivity index is 2.22. The van der Waals surface area contributed by atoms with Crippen LogP contribution in [-0.4, -0.2) is 20.1 Å². The summed E-state index contributed by atoms with van der Waals surface area (Å²) in [6.45, 7) is 3.35. The largest absolute Gasteiger partial charge is 0.371 e. The fraction of sp³-hybridized carbons (Fsp3) is 0.571. The number of nitrogens with zero attached hydrogens (tertiary/aromatic N) is 1. The lowest BCUT2D eigenvalue weighted by Crippen LogP contribution is -2.25. The van der Waals surface area contributed by atoms with E-state index >= 15 is 0 Å². The third-order valence-corrected chi connectivity index (χ3v) is 3.85. The summed E-state index contributed by atoms with van der Waals surface area (Å²) in [5.74, 6) is 0. The van der Waals surface area contributed by atoms with Crippen molar-refractivity contribution in [2.24, 2.45) is 0 Å². The van der Waals surface area contributed by atoms with Crippen LogP contribution in [0.1, 0.15) is 31.2 Å². The lowest BCUT2D eigenvalue weighted by atomic mass is 10.1. The number of rotatable bonds is 3. The van der Waals surface area contributed by atoms with Crippen molar-refractivity contribution >= 4 is 21.6 Å². The van der Waals surface area contributed by atoms with E-state index < -0.39 is 0 Å². The van der Waals surface area contributed by atoms with Crippen molar-refractivity contribution in [3.8, 4) is 0 Å². The molecule has 1 aromatic rings. The van der Waals surface area contributed by atoms with Crippen molar-refractivity contribution in [3.63, 3.8) is 0 Å². The Bertz CT molecular complexity index is 357. The number of hydrogen-bond donors (Lipinski definition) is 1. The molecule has 0 saturated carbocycles. The van der Waals surface area contributed by atoms with Gasteiger partial charge in [0.05, 0.1) is 0 Å². The molecule has 0 aromatic heterocycles. The van der Waals surface area contributed by atoms with Crippen molar-refractivity contribution in [1.29, 1.82) is 0 Å². The predicted molar refractivity (Wildman–Crippen MR) is 77.6 cm³/mol. The molecule has 17 heavy (non-hydrogen) atoms. The molecule has 0 radical (unpaired) electrons. The van der Waals surface area contributed by atoms with E-state index in [1.807, 2.05) is 7.05 Å². The minimum atomic E-state index is 0.936. The van der Waals surface area contributed by atoms with Gasteiger partial charge in [0, 0.05) is 29.8 Å². The molecule has 0 spiro atoms. The second kappa shape index (κ2) is 6.41. The number of halogens is 1. The molecule has 2 nitrogen and oxygen atoms in total. The Hall–Kier alpha value is -0.540. The zero-order valence-electron chi connectivity index (χ0n) is 10.5. The van der Waals surface area contributed by atoms with Crippen molar-refractivity contribution in [2.45, 2.75) is 32.2 Å². The van der Waals surface area contributed by atoms with Crippen molar-refractivity contribution in [1.82, 2.24) is 5.32 Å². The van der Waals surface area contributed by atoms with E-state index in [0.717, 1.165) is 6.54 Å². The maximum Gasteiger partial charge on any atom is 0.0412 e. The summed E-state index contributed by atoms with van der Waals surface area (Å²) in [6.07, 6.45) is 5.42. The Labute approximate surface area is 113 Å². The molecule has 1 saturated heterocycles. The van der Waals surface area contributed by atoms with Crippen molar-refractivity contribution in [2.75, 3.05) is 25.0 Å². The molecular formula is C14H21BrN2. The first-order valence-electron chi connectivity index (χ1n) is 6.49. The molecule has 1 aliphatic rings. The highest BCUT2D eigenvalue weighted by atomic mass is 79.9. The van der Waals surface area contributed by atoms with Gasteiger partial charge >= 0.3 is 0 Å². The van der Waals surface area contributed by atoms with Crippen molar-refractivity contribution in [3.05, 3.63) is 28.2 Å². The van der Waals surface area contributed by atoms with E-state index in [2.05, 4.69) is 44.3 Å². The normalized spacial score (nSPS) is 16.9. The monoisotopic (exact) mass is 296 g/mol. The molecule has 1 aromatic carbocycles. The molecule has 2 rings (SSSR count). The van der Waals surface area contributed by atoms with Gasteiger partial charge in [-0.05, 0) is 43.7 Å². The third-order valence-electron chi connectivity index (χ3n) is 3.36. The molecule has 0 aliphatic carbocycles. The topological polar surface area (TPSA) is 15.3 Å². The summed E-state index contributed by atoms with van der Waals surface area (Å²) in [5.41, 5.74) is 2.80. The molecule has 1 N–H and O–H groups in total. The highest BCUT2D eigenvalue weighted by molar-refractivity contribution is 9.10. The van der Waals surface area contributed by atoms with Crippen LogP contribution in [0.4, 0.5) is 5.69 Å². The molecule has 0 bridgehead atoms. The number of nitrogens with one attached hydrogen (secondary N) is 1. The van der Waals surface area contributed by atoms with E-state index in [9.17, 15) is 0 Å². The lowest BCUT2D eigenvalue weighted by molar-refractivity contribution is 0.726. The van der Waals surface area contributed by atoms with Crippen LogP contribution in [0.15, 0.2) is 22.7 Å². The van der Waals surface area contributed by atoms with Gasteiger partial charge in [-0.1, -0.05) is 28.8 Å². The van der Waals surface area contributed by atoms with E-state index in [1.165, 1.54) is 54.5 Å². The van der Waals surface area contributed by atoms with E-state index in [0.29, 0.717) is 0 Å².